The maximum atomic E-state index is 14.0. The van der Waals surface area contributed by atoms with Gasteiger partial charge in [-0.25, -0.2) is 4.79 Å². The van der Waals surface area contributed by atoms with Crippen LogP contribution in [0, 0.1) is 11.8 Å². The van der Waals surface area contributed by atoms with Crippen LogP contribution < -0.4 is 21.7 Å². The molecule has 1 heterocycles. The molecule has 0 radical (unpaired) electrons. The van der Waals surface area contributed by atoms with Crippen LogP contribution in [0.5, 0.6) is 0 Å². The minimum Gasteiger partial charge on any atom is -0.439 e. The summed E-state index contributed by atoms with van der Waals surface area (Å²) in [6.07, 6.45) is 4.03. The van der Waals surface area contributed by atoms with Gasteiger partial charge in [0, 0.05) is 49.5 Å². The SMILES string of the molecule is CCCNCc1ccc(C(=O)NC2=C3C[C@@H](C)C[C@@H](OC)[C@@H](O)[C@@H](C)/C=C(/C)[C@@H](OC(N)=O)[C@H](OC)/C=C\C=C(\C)C(=O)NC(=CC2=O)C3=O)cc1. The average molecular weight is 721 g/mol. The molecule has 0 unspecified atom stereocenters. The number of fused-ring (bicyclic) bond motifs is 2. The first-order valence-corrected chi connectivity index (χ1v) is 17.4. The second-order valence-electron chi connectivity index (χ2n) is 13.3. The maximum Gasteiger partial charge on any atom is 0.405 e. The molecule has 13 heteroatoms. The summed E-state index contributed by atoms with van der Waals surface area (Å²) in [5.41, 5.74) is 7.01. The Morgan fingerprint density at radius 3 is 2.37 bits per heavy atom. The number of ketones is 2. The third kappa shape index (κ3) is 11.4. The Hall–Kier alpha value is -4.69. The summed E-state index contributed by atoms with van der Waals surface area (Å²) in [4.78, 5) is 66.0. The molecule has 6 N–H and O–H groups in total. The van der Waals surface area contributed by atoms with Gasteiger partial charge in [0.25, 0.3) is 11.8 Å². The molecule has 1 aromatic carbocycles. The van der Waals surface area contributed by atoms with Crippen LogP contribution in [-0.4, -0.2) is 79.8 Å². The first-order chi connectivity index (χ1) is 24.7. The van der Waals surface area contributed by atoms with E-state index < -0.39 is 59.8 Å². The van der Waals surface area contributed by atoms with Crippen LogP contribution in [0.15, 0.2) is 82.8 Å². The molecule has 0 saturated carbocycles. The van der Waals surface area contributed by atoms with Gasteiger partial charge < -0.3 is 41.0 Å². The van der Waals surface area contributed by atoms with Gasteiger partial charge in [-0.1, -0.05) is 57.2 Å². The smallest absolute Gasteiger partial charge is 0.405 e. The fraction of sp³-hybridized carbons (Fsp3) is 0.462. The van der Waals surface area contributed by atoms with Gasteiger partial charge in [0.2, 0.25) is 11.6 Å². The van der Waals surface area contributed by atoms with Crippen molar-refractivity contribution in [3.05, 3.63) is 93.9 Å². The molecule has 0 saturated heterocycles. The van der Waals surface area contributed by atoms with Crippen molar-refractivity contribution in [2.45, 2.75) is 84.8 Å². The molecular formula is C39H52N4O9. The lowest BCUT2D eigenvalue weighted by molar-refractivity contribution is -0.120. The molecule has 282 valence electrons. The van der Waals surface area contributed by atoms with Crippen LogP contribution in [-0.2, 0) is 35.1 Å². The normalized spacial score (nSPS) is 27.8. The van der Waals surface area contributed by atoms with Gasteiger partial charge in [0.05, 0.1) is 23.6 Å². The molecule has 3 amide bonds. The van der Waals surface area contributed by atoms with Crippen LogP contribution in [0.1, 0.15) is 69.8 Å². The van der Waals surface area contributed by atoms with E-state index in [1.54, 1.807) is 38.1 Å². The number of carbonyl (C=O) groups is 5. The molecule has 1 aromatic rings. The molecule has 0 spiro atoms. The number of allylic oxidation sites excluding steroid dienone is 4. The lowest BCUT2D eigenvalue weighted by Crippen LogP contribution is -2.38. The molecule has 0 aromatic heterocycles. The van der Waals surface area contributed by atoms with Crippen molar-refractivity contribution in [3.8, 4) is 0 Å². The number of amides is 3. The highest BCUT2D eigenvalue weighted by Gasteiger charge is 2.34. The molecule has 0 fully saturated rings. The van der Waals surface area contributed by atoms with Crippen molar-refractivity contribution < 1.29 is 43.3 Å². The number of rotatable bonds is 9. The Bertz CT molecular complexity index is 1640. The number of benzene rings is 1. The zero-order chi connectivity index (χ0) is 38.5. The van der Waals surface area contributed by atoms with Crippen LogP contribution >= 0.6 is 0 Å². The Balaban J connectivity index is 2.04. The topological polar surface area (TPSA) is 195 Å². The molecule has 3 rings (SSSR count). The molecule has 1 aliphatic carbocycles. The predicted octanol–water partition coefficient (Wildman–Crippen LogP) is 3.69. The maximum absolute atomic E-state index is 14.0. The largest absolute Gasteiger partial charge is 0.439 e. The monoisotopic (exact) mass is 720 g/mol. The Kier molecular flexibility index (Phi) is 15.9. The number of hydrogen-bond donors (Lipinski definition) is 5. The second-order valence-corrected chi connectivity index (χ2v) is 13.3. The van der Waals surface area contributed by atoms with Crippen molar-refractivity contribution in [2.75, 3.05) is 20.8 Å². The van der Waals surface area contributed by atoms with Gasteiger partial charge in [-0.2, -0.15) is 0 Å². The number of hydrogen-bond acceptors (Lipinski definition) is 10. The summed E-state index contributed by atoms with van der Waals surface area (Å²) in [5.74, 6) is -3.34. The second kappa shape index (κ2) is 19.8. The van der Waals surface area contributed by atoms with E-state index in [0.717, 1.165) is 24.6 Å². The van der Waals surface area contributed by atoms with Crippen LogP contribution in [0.2, 0.25) is 0 Å². The summed E-state index contributed by atoms with van der Waals surface area (Å²) in [7, 11) is 2.88. The van der Waals surface area contributed by atoms with Gasteiger partial charge in [0.1, 0.15) is 6.10 Å². The summed E-state index contributed by atoms with van der Waals surface area (Å²) < 4.78 is 16.7. The summed E-state index contributed by atoms with van der Waals surface area (Å²) in [5, 5.41) is 19.9. The van der Waals surface area contributed by atoms with Crippen molar-refractivity contribution in [2.24, 2.45) is 17.6 Å². The van der Waals surface area contributed by atoms with E-state index in [-0.39, 0.29) is 41.3 Å². The minimum absolute atomic E-state index is 0.0194. The highest BCUT2D eigenvalue weighted by molar-refractivity contribution is 6.24. The van der Waals surface area contributed by atoms with Crippen molar-refractivity contribution in [3.63, 3.8) is 0 Å². The van der Waals surface area contributed by atoms with Crippen LogP contribution in [0.4, 0.5) is 4.79 Å². The predicted molar refractivity (Wildman–Crippen MR) is 195 cm³/mol. The minimum atomic E-state index is -1.03. The van der Waals surface area contributed by atoms with Crippen molar-refractivity contribution >= 4 is 29.5 Å². The van der Waals surface area contributed by atoms with E-state index in [0.29, 0.717) is 17.7 Å². The lowest BCUT2D eigenvalue weighted by atomic mass is 9.85. The fourth-order valence-corrected chi connectivity index (χ4v) is 6.09. The molecule has 2 aliphatic rings. The van der Waals surface area contributed by atoms with Crippen molar-refractivity contribution in [1.29, 1.82) is 0 Å². The number of Topliss-reactive ketones (excluding diaryl/α,β-unsaturated/α-hetero) is 1. The molecule has 1 aliphatic heterocycles. The van der Waals surface area contributed by atoms with Gasteiger partial charge in [-0.15, -0.1) is 0 Å². The van der Waals surface area contributed by atoms with Gasteiger partial charge in [-0.05, 0) is 68.8 Å². The zero-order valence-corrected chi connectivity index (χ0v) is 31.0. The summed E-state index contributed by atoms with van der Waals surface area (Å²) >= 11 is 0. The Morgan fingerprint density at radius 2 is 1.75 bits per heavy atom. The van der Waals surface area contributed by atoms with E-state index >= 15 is 0 Å². The van der Waals surface area contributed by atoms with Gasteiger partial charge >= 0.3 is 6.09 Å². The highest BCUT2D eigenvalue weighted by atomic mass is 16.6. The number of aliphatic hydroxyl groups excluding tert-OH is 1. The third-order valence-electron chi connectivity index (χ3n) is 9.00. The number of nitrogens with one attached hydrogen (secondary N) is 3. The quantitative estimate of drug-likeness (QED) is 0.143. The summed E-state index contributed by atoms with van der Waals surface area (Å²) in [6, 6.07) is 6.93. The van der Waals surface area contributed by atoms with E-state index in [9.17, 15) is 29.1 Å². The zero-order valence-electron chi connectivity index (χ0n) is 31.0. The van der Waals surface area contributed by atoms with E-state index in [4.69, 9.17) is 19.9 Å². The van der Waals surface area contributed by atoms with Gasteiger partial charge in [0.15, 0.2) is 6.10 Å². The molecule has 6 atom stereocenters. The van der Waals surface area contributed by atoms with E-state index in [1.807, 2.05) is 19.1 Å². The summed E-state index contributed by atoms with van der Waals surface area (Å²) in [6.45, 7) is 10.4. The fourth-order valence-electron chi connectivity index (χ4n) is 6.09. The number of ether oxygens (including phenoxy) is 3. The Morgan fingerprint density at radius 1 is 1.06 bits per heavy atom. The molecular weight excluding hydrogens is 668 g/mol. The number of methoxy groups -OCH3 is 2. The number of primary amides is 1. The highest BCUT2D eigenvalue weighted by Crippen LogP contribution is 2.29. The van der Waals surface area contributed by atoms with E-state index in [1.165, 1.54) is 33.3 Å². The first-order valence-electron chi connectivity index (χ1n) is 17.4. The van der Waals surface area contributed by atoms with Gasteiger partial charge in [-0.3, -0.25) is 19.2 Å². The molecule has 52 heavy (non-hydrogen) atoms. The Labute approximate surface area is 305 Å². The number of nitrogens with two attached hydrogens (primary N) is 1. The number of carbonyl (C=O) groups excluding carboxylic acids is 5. The standard InChI is InChI=1S/C39H52N4O9/c1-8-16-41-21-26-12-14-27(15-13-26)38(48)43-33-28-17-22(2)18-32(51-7)34(45)24(4)19-25(5)36(52-39(40)49)31(50-6)11-9-10-23(3)37(47)42-29(35(28)46)20-30(33)44/h9-15,19-20,22,24,31-32,34,36,41,45H,8,16-18,21H2,1-7H3,(H2,40,49)(H,42,47)(H,43,48)/b11-9-,23-10-,25-19-/t22-,24+,31-,32-,34+,36-/m1/s1. The average Bonchev–Trinajstić information content (AvgIpc) is 3.11. The number of aliphatic hydroxyl groups is 1. The molecule has 2 bridgehead atoms. The molecule has 13 nitrogen and oxygen atoms in total. The van der Waals surface area contributed by atoms with Crippen molar-refractivity contribution in [1.82, 2.24) is 16.0 Å². The third-order valence-corrected chi connectivity index (χ3v) is 9.00. The van der Waals surface area contributed by atoms with Crippen LogP contribution in [0.3, 0.4) is 0 Å². The first kappa shape index (κ1) is 41.7. The van der Waals surface area contributed by atoms with Crippen LogP contribution in [0.25, 0.3) is 0 Å². The van der Waals surface area contributed by atoms with E-state index in [2.05, 4.69) is 22.9 Å². The lowest BCUT2D eigenvalue weighted by Gasteiger charge is -2.30.